The highest BCUT2D eigenvalue weighted by Crippen LogP contribution is 2.66. The number of hydrogen-bond acceptors (Lipinski definition) is 6. The first-order valence-electron chi connectivity index (χ1n) is 13.9. The van der Waals surface area contributed by atoms with Crippen LogP contribution in [0.15, 0.2) is 29.8 Å². The molecule has 4 amide bonds. The third kappa shape index (κ3) is 3.89. The molecule has 6 unspecified atom stereocenters. The Kier molecular flexibility index (Phi) is 7.24. The summed E-state index contributed by atoms with van der Waals surface area (Å²) in [5, 5.41) is 11.0. The molecule has 0 spiro atoms. The van der Waals surface area contributed by atoms with Gasteiger partial charge in [-0.05, 0) is 43.4 Å². The number of imide groups is 2. The van der Waals surface area contributed by atoms with E-state index in [0.29, 0.717) is 6.42 Å². The van der Waals surface area contributed by atoms with Gasteiger partial charge in [0, 0.05) is 18.0 Å². The molecule has 4 aliphatic rings. The largest absolute Gasteiger partial charge is 0.508 e. The molecule has 45 heavy (non-hydrogen) atoms. The molecule has 2 aliphatic heterocycles. The van der Waals surface area contributed by atoms with Gasteiger partial charge in [-0.3, -0.25) is 24.1 Å². The number of nitrogens with zero attached hydrogens (tertiary/aromatic N) is 2. The quantitative estimate of drug-likeness (QED) is 0.119. The summed E-state index contributed by atoms with van der Waals surface area (Å²) < 4.78 is 78.0. The number of fused-ring (bicyclic) bond motifs is 4. The van der Waals surface area contributed by atoms with Gasteiger partial charge in [0.2, 0.25) is 17.6 Å². The number of halogens is 7. The number of rotatable bonds is 5. The maximum absolute atomic E-state index is 15.1. The third-order valence-electron chi connectivity index (χ3n) is 9.31. The van der Waals surface area contributed by atoms with E-state index in [0.717, 1.165) is 4.90 Å². The number of carbonyl (C=O) groups is 4. The van der Waals surface area contributed by atoms with E-state index in [9.17, 15) is 37.5 Å². The smallest absolute Gasteiger partial charge is 0.258 e. The Morgan fingerprint density at radius 2 is 1.56 bits per heavy atom. The highest BCUT2D eigenvalue weighted by Gasteiger charge is 2.77. The lowest BCUT2D eigenvalue weighted by Gasteiger charge is -2.50. The summed E-state index contributed by atoms with van der Waals surface area (Å²) >= 11 is 14.1. The lowest BCUT2D eigenvalue weighted by Crippen LogP contribution is -2.60. The molecule has 8 nitrogen and oxygen atoms in total. The first kappa shape index (κ1) is 31.3. The van der Waals surface area contributed by atoms with Crippen molar-refractivity contribution in [3.8, 4) is 11.5 Å². The van der Waals surface area contributed by atoms with E-state index in [1.165, 1.54) is 25.3 Å². The van der Waals surface area contributed by atoms with Crippen LogP contribution < -0.4 is 9.64 Å². The molecule has 1 saturated carbocycles. The number of phenolic OH excluding ortho intramolecular Hbond substituents is 1. The van der Waals surface area contributed by atoms with Gasteiger partial charge >= 0.3 is 0 Å². The van der Waals surface area contributed by atoms with Crippen molar-refractivity contribution in [2.75, 3.05) is 18.6 Å². The summed E-state index contributed by atoms with van der Waals surface area (Å²) in [5.41, 5.74) is -1.78. The molecular weight excluding hydrogens is 650 g/mol. The molecule has 2 aliphatic carbocycles. The number of allylic oxidation sites excluding steroid dienone is 2. The van der Waals surface area contributed by atoms with E-state index < -0.39 is 104 Å². The van der Waals surface area contributed by atoms with Gasteiger partial charge in [-0.15, -0.1) is 23.2 Å². The summed E-state index contributed by atoms with van der Waals surface area (Å²) in [5.74, 6) is -21.5. The maximum Gasteiger partial charge on any atom is 0.258 e. The van der Waals surface area contributed by atoms with E-state index in [1.54, 1.807) is 13.0 Å². The van der Waals surface area contributed by atoms with E-state index in [2.05, 4.69) is 0 Å². The van der Waals surface area contributed by atoms with Crippen LogP contribution >= 0.6 is 23.2 Å². The number of benzene rings is 2. The lowest BCUT2D eigenvalue weighted by atomic mass is 9.56. The number of anilines is 1. The van der Waals surface area contributed by atoms with Crippen LogP contribution in [0.25, 0.3) is 0 Å². The van der Waals surface area contributed by atoms with Crippen LogP contribution in [0.1, 0.15) is 37.7 Å². The molecule has 238 valence electrons. The minimum Gasteiger partial charge on any atom is -0.508 e. The fourth-order valence-electron chi connectivity index (χ4n) is 7.31. The van der Waals surface area contributed by atoms with Gasteiger partial charge in [0.05, 0.1) is 18.9 Å². The second kappa shape index (κ2) is 10.4. The average molecular weight is 673 g/mol. The molecule has 2 aromatic carbocycles. The van der Waals surface area contributed by atoms with Crippen molar-refractivity contribution in [2.24, 2.45) is 17.8 Å². The first-order valence-corrected chi connectivity index (χ1v) is 14.6. The van der Waals surface area contributed by atoms with Crippen LogP contribution in [-0.4, -0.2) is 57.0 Å². The highest BCUT2D eigenvalue weighted by molar-refractivity contribution is 6.58. The molecule has 1 N–H and O–H groups in total. The van der Waals surface area contributed by atoms with Gasteiger partial charge in [0.25, 0.3) is 11.8 Å². The van der Waals surface area contributed by atoms with Gasteiger partial charge < -0.3 is 9.84 Å². The Morgan fingerprint density at radius 1 is 0.933 bits per heavy atom. The summed E-state index contributed by atoms with van der Waals surface area (Å²) in [4.78, 5) is 50.7. The molecular formula is C30H23Cl2F5N2O6. The van der Waals surface area contributed by atoms with E-state index in [1.807, 2.05) is 0 Å². The van der Waals surface area contributed by atoms with E-state index in [4.69, 9.17) is 27.9 Å². The van der Waals surface area contributed by atoms with Crippen molar-refractivity contribution < 1.29 is 51.0 Å². The molecule has 6 atom stereocenters. The summed E-state index contributed by atoms with van der Waals surface area (Å²) in [7, 11) is 1.30. The summed E-state index contributed by atoms with van der Waals surface area (Å²) in [6.45, 7) is 1.88. The number of likely N-dealkylation sites (tertiary alicyclic amines) is 1. The Morgan fingerprint density at radius 3 is 2.16 bits per heavy atom. The Labute approximate surface area is 262 Å². The molecule has 2 aromatic rings. The number of phenols is 1. The topological polar surface area (TPSA) is 104 Å². The molecule has 2 saturated heterocycles. The van der Waals surface area contributed by atoms with E-state index >= 15 is 8.78 Å². The van der Waals surface area contributed by atoms with Crippen molar-refractivity contribution in [1.29, 1.82) is 0 Å². The number of alkyl halides is 2. The summed E-state index contributed by atoms with van der Waals surface area (Å²) in [6.07, 6.45) is 1.39. The Hall–Kier alpha value is -3.71. The van der Waals surface area contributed by atoms with Crippen molar-refractivity contribution in [2.45, 2.75) is 41.9 Å². The van der Waals surface area contributed by atoms with Gasteiger partial charge in [-0.2, -0.15) is 0 Å². The second-order valence-corrected chi connectivity index (χ2v) is 12.7. The minimum atomic E-state index is -2.74. The molecule has 6 rings (SSSR count). The number of methoxy groups -OCH3 is 1. The normalized spacial score (nSPS) is 30.8. The van der Waals surface area contributed by atoms with Crippen LogP contribution in [0.4, 0.5) is 27.6 Å². The Bertz CT molecular complexity index is 1730. The van der Waals surface area contributed by atoms with Crippen LogP contribution in [-0.2, 0) is 19.2 Å². The molecule has 2 heterocycles. The minimum absolute atomic E-state index is 0.00820. The fourth-order valence-corrected chi connectivity index (χ4v) is 8.24. The SMILES string of the molecule is CCCN1C(=O)C2CC=C3C(CC4(Cl)C(=O)N(c5c(F)c(F)c(F)c(F)c5F)C(=O)C4(Cl)C3c3cc(OC)ccc3O)C2C1=O. The predicted octanol–water partition coefficient (Wildman–Crippen LogP) is 5.07. The number of carbonyl (C=O) groups excluding carboxylic acids is 4. The highest BCUT2D eigenvalue weighted by atomic mass is 35.5. The first-order chi connectivity index (χ1) is 21.2. The molecule has 0 aromatic heterocycles. The molecule has 0 bridgehead atoms. The molecule has 0 radical (unpaired) electrons. The van der Waals surface area contributed by atoms with E-state index in [-0.39, 0.29) is 34.8 Å². The number of hydrogen-bond donors (Lipinski definition) is 1. The zero-order valence-electron chi connectivity index (χ0n) is 23.5. The maximum atomic E-state index is 15.1. The van der Waals surface area contributed by atoms with Crippen LogP contribution in [0, 0.1) is 46.8 Å². The van der Waals surface area contributed by atoms with Crippen LogP contribution in [0.2, 0.25) is 0 Å². The van der Waals surface area contributed by atoms with Crippen molar-refractivity contribution in [3.05, 3.63) is 64.5 Å². The number of amides is 4. The van der Waals surface area contributed by atoms with Crippen molar-refractivity contribution >= 4 is 52.5 Å². The molecule has 3 fully saturated rings. The van der Waals surface area contributed by atoms with Crippen LogP contribution in [0.3, 0.4) is 0 Å². The van der Waals surface area contributed by atoms with Crippen molar-refractivity contribution in [1.82, 2.24) is 4.90 Å². The van der Waals surface area contributed by atoms with Gasteiger partial charge in [-0.1, -0.05) is 18.6 Å². The average Bonchev–Trinajstić information content (AvgIpc) is 3.34. The Balaban J connectivity index is 1.61. The predicted molar refractivity (Wildman–Crippen MR) is 148 cm³/mol. The third-order valence-corrected chi connectivity index (χ3v) is 10.7. The van der Waals surface area contributed by atoms with Gasteiger partial charge in [0.15, 0.2) is 33.0 Å². The van der Waals surface area contributed by atoms with Crippen LogP contribution in [0.5, 0.6) is 11.5 Å². The zero-order chi connectivity index (χ0) is 32.9. The molecule has 15 heteroatoms. The number of aromatic hydroxyl groups is 1. The zero-order valence-corrected chi connectivity index (χ0v) is 25.0. The monoisotopic (exact) mass is 672 g/mol. The van der Waals surface area contributed by atoms with Crippen molar-refractivity contribution in [3.63, 3.8) is 0 Å². The standard InChI is InChI=1S/C30H23Cl2F5N2O6/c1-3-8-38-25(41)13-6-5-12-15(17(13)26(38)42)10-29(31)27(43)39(24-22(36)20(34)19(33)21(35)23(24)37)28(44)30(29,32)18(12)14-9-11(45-2)4-7-16(14)40/h4-5,7,9,13,15,17-18,40H,3,6,8,10H2,1-2H3. The van der Waals surface area contributed by atoms with Gasteiger partial charge in [-0.25, -0.2) is 26.9 Å². The van der Waals surface area contributed by atoms with Gasteiger partial charge in [0.1, 0.15) is 17.2 Å². The number of ether oxygens (including phenoxy) is 1. The fraction of sp³-hybridized carbons (Fsp3) is 0.400. The second-order valence-electron chi connectivity index (χ2n) is 11.4. The summed E-state index contributed by atoms with van der Waals surface area (Å²) in [6, 6.07) is 3.83. The lowest BCUT2D eigenvalue weighted by molar-refractivity contribution is -0.140.